The molecule has 2 fully saturated rings. The van der Waals surface area contributed by atoms with Gasteiger partial charge in [0.1, 0.15) is 5.60 Å². The van der Waals surface area contributed by atoms with E-state index in [9.17, 15) is 22.0 Å². The molecule has 1 aliphatic carbocycles. The number of fused-ring (bicyclic) bond motifs is 1. The minimum absolute atomic E-state index is 0.0263. The average molecular weight is 598 g/mol. The number of carbonyl (C=O) groups excluding carboxylic acids is 1. The van der Waals surface area contributed by atoms with Crippen molar-refractivity contribution in [1.29, 1.82) is 0 Å². The molecule has 5 rings (SSSR count). The van der Waals surface area contributed by atoms with Crippen LogP contribution in [0.15, 0.2) is 23.2 Å². The van der Waals surface area contributed by atoms with Gasteiger partial charge in [-0.05, 0) is 66.5 Å². The molecular formula is C25H33F2N7O4S2. The smallest absolute Gasteiger partial charge is 0.410 e. The van der Waals surface area contributed by atoms with E-state index in [0.29, 0.717) is 41.0 Å². The van der Waals surface area contributed by atoms with E-state index in [-0.39, 0.29) is 22.1 Å². The number of ether oxygens (including phenoxy) is 1. The van der Waals surface area contributed by atoms with Crippen molar-refractivity contribution in [2.45, 2.75) is 88.9 Å². The Kier molecular flexibility index (Phi) is 7.06. The largest absolute Gasteiger partial charge is 0.444 e. The van der Waals surface area contributed by atoms with E-state index in [0.717, 1.165) is 12.8 Å². The first-order valence-electron chi connectivity index (χ1n) is 13.0. The van der Waals surface area contributed by atoms with Crippen LogP contribution in [0, 0.1) is 0 Å². The molecule has 1 aromatic carbocycles. The Balaban J connectivity index is 1.57. The first kappa shape index (κ1) is 28.6. The van der Waals surface area contributed by atoms with Gasteiger partial charge in [-0.3, -0.25) is 4.90 Å². The van der Waals surface area contributed by atoms with Gasteiger partial charge in [0.2, 0.25) is 15.2 Å². The molecule has 15 heteroatoms. The molecule has 0 spiro atoms. The number of sulfonamides is 1. The molecule has 11 nitrogen and oxygen atoms in total. The van der Waals surface area contributed by atoms with Gasteiger partial charge in [-0.1, -0.05) is 11.3 Å². The summed E-state index contributed by atoms with van der Waals surface area (Å²) in [6.45, 7) is 11.9. The van der Waals surface area contributed by atoms with Crippen LogP contribution in [0.2, 0.25) is 0 Å². The third kappa shape index (κ3) is 5.63. The number of nitrogens with one attached hydrogen (secondary N) is 1. The predicted molar refractivity (Wildman–Crippen MR) is 147 cm³/mol. The maximum atomic E-state index is 13.5. The number of benzene rings is 1. The first-order chi connectivity index (χ1) is 18.6. The van der Waals surface area contributed by atoms with Crippen LogP contribution in [0.1, 0.15) is 65.8 Å². The van der Waals surface area contributed by atoms with E-state index in [1.54, 1.807) is 17.2 Å². The molecule has 1 aliphatic heterocycles. The number of anilines is 1. The van der Waals surface area contributed by atoms with Gasteiger partial charge in [0.25, 0.3) is 6.43 Å². The molecule has 1 saturated heterocycles. The normalized spacial score (nSPS) is 21.3. The lowest BCUT2D eigenvalue weighted by molar-refractivity contribution is 0.00567. The second-order valence-corrected chi connectivity index (χ2v) is 14.5. The molecule has 2 aromatic heterocycles. The van der Waals surface area contributed by atoms with Crippen LogP contribution in [-0.2, 0) is 14.8 Å². The Hall–Kier alpha value is -2.91. The standard InChI is InChI=1S/C25H33F2N7O4S2/c1-14-12-32(13-15(2)33(14)23(35)38-24(3,4)5)18-9-16(40(36,37)31-25(6)7-8-25)10-19-17(18)11-28-34(19)22-30-29-21(39-22)20(26)27/h9-11,14-15,20,31H,7-8,12-13H2,1-6H3/t14-,15-/m0/s1. The van der Waals surface area contributed by atoms with Crippen LogP contribution >= 0.6 is 11.3 Å². The number of piperazine rings is 1. The van der Waals surface area contributed by atoms with Crippen LogP contribution in [-0.4, -0.2) is 75.7 Å². The molecule has 40 heavy (non-hydrogen) atoms. The second-order valence-electron chi connectivity index (χ2n) is 11.8. The molecule has 3 aromatic rings. The number of rotatable bonds is 6. The fourth-order valence-electron chi connectivity index (χ4n) is 4.92. The van der Waals surface area contributed by atoms with Gasteiger partial charge in [0.15, 0.2) is 5.01 Å². The van der Waals surface area contributed by atoms with Gasteiger partial charge in [-0.15, -0.1) is 10.2 Å². The molecule has 3 heterocycles. The monoisotopic (exact) mass is 597 g/mol. The number of hydrogen-bond donors (Lipinski definition) is 1. The van der Waals surface area contributed by atoms with Gasteiger partial charge in [-0.2, -0.15) is 5.10 Å². The van der Waals surface area contributed by atoms with Crippen molar-refractivity contribution < 1.29 is 26.7 Å². The van der Waals surface area contributed by atoms with Crippen molar-refractivity contribution in [1.82, 2.24) is 29.6 Å². The summed E-state index contributed by atoms with van der Waals surface area (Å²) >= 11 is 0.689. The lowest BCUT2D eigenvalue weighted by atomic mass is 10.1. The lowest BCUT2D eigenvalue weighted by Crippen LogP contribution is -2.59. The molecule has 0 radical (unpaired) electrons. The van der Waals surface area contributed by atoms with Gasteiger partial charge in [-0.25, -0.2) is 31.4 Å². The van der Waals surface area contributed by atoms with Crippen molar-refractivity contribution in [3.8, 4) is 5.13 Å². The summed E-state index contributed by atoms with van der Waals surface area (Å²) < 4.78 is 63.1. The number of aromatic nitrogens is 4. The molecule has 218 valence electrons. The van der Waals surface area contributed by atoms with Crippen LogP contribution < -0.4 is 9.62 Å². The third-order valence-corrected chi connectivity index (χ3v) is 9.52. The zero-order valence-corrected chi connectivity index (χ0v) is 24.8. The first-order valence-corrected chi connectivity index (χ1v) is 15.3. The molecule has 2 atom stereocenters. The number of nitrogens with zero attached hydrogens (tertiary/aromatic N) is 6. The fraction of sp³-hybridized carbons (Fsp3) is 0.600. The Morgan fingerprint density at radius 3 is 2.38 bits per heavy atom. The molecule has 1 saturated carbocycles. The molecule has 0 unspecified atom stereocenters. The lowest BCUT2D eigenvalue weighted by Gasteiger charge is -2.45. The van der Waals surface area contributed by atoms with E-state index in [1.165, 1.54) is 10.7 Å². The van der Waals surface area contributed by atoms with E-state index in [1.807, 2.05) is 46.4 Å². The van der Waals surface area contributed by atoms with Crippen LogP contribution in [0.25, 0.3) is 16.0 Å². The highest BCUT2D eigenvalue weighted by Crippen LogP contribution is 2.39. The SMILES string of the molecule is C[C@H]1CN(c2cc(S(=O)(=O)NC3(C)CC3)cc3c2cnn3-c2nnc(C(F)F)s2)C[C@H](C)N1C(=O)OC(C)(C)C. The highest BCUT2D eigenvalue weighted by Gasteiger charge is 2.42. The number of amides is 1. The van der Waals surface area contributed by atoms with E-state index in [4.69, 9.17) is 4.74 Å². The summed E-state index contributed by atoms with van der Waals surface area (Å²) in [6.07, 6.45) is -0.151. The summed E-state index contributed by atoms with van der Waals surface area (Å²) in [5.74, 6) is 0. The van der Waals surface area contributed by atoms with Crippen molar-refractivity contribution in [3.05, 3.63) is 23.3 Å². The molecule has 0 bridgehead atoms. The zero-order valence-electron chi connectivity index (χ0n) is 23.2. The van der Waals surface area contributed by atoms with Crippen molar-refractivity contribution in [3.63, 3.8) is 0 Å². The van der Waals surface area contributed by atoms with Gasteiger partial charge in [0.05, 0.1) is 28.7 Å². The van der Waals surface area contributed by atoms with Crippen molar-refractivity contribution in [2.75, 3.05) is 18.0 Å². The maximum Gasteiger partial charge on any atom is 0.410 e. The quantitative estimate of drug-likeness (QED) is 0.442. The molecule has 1 amide bonds. The molecular weight excluding hydrogens is 564 g/mol. The number of hydrogen-bond acceptors (Lipinski definition) is 9. The third-order valence-electron chi connectivity index (χ3n) is 6.99. The summed E-state index contributed by atoms with van der Waals surface area (Å²) in [5, 5.41) is 12.1. The maximum absolute atomic E-state index is 13.5. The van der Waals surface area contributed by atoms with E-state index >= 15 is 0 Å². The van der Waals surface area contributed by atoms with Crippen molar-refractivity contribution in [2.24, 2.45) is 0 Å². The Morgan fingerprint density at radius 1 is 1.18 bits per heavy atom. The second kappa shape index (κ2) is 9.87. The van der Waals surface area contributed by atoms with Crippen molar-refractivity contribution >= 4 is 44.0 Å². The Labute approximate surface area is 235 Å². The Bertz CT molecular complexity index is 1530. The fourth-order valence-corrected chi connectivity index (χ4v) is 7.10. The zero-order chi connectivity index (χ0) is 29.2. The van der Waals surface area contributed by atoms with Crippen LogP contribution in [0.3, 0.4) is 0 Å². The van der Waals surface area contributed by atoms with Gasteiger partial charge >= 0.3 is 6.09 Å². The highest BCUT2D eigenvalue weighted by atomic mass is 32.2. The predicted octanol–water partition coefficient (Wildman–Crippen LogP) is 4.48. The van der Waals surface area contributed by atoms with E-state index < -0.39 is 38.7 Å². The summed E-state index contributed by atoms with van der Waals surface area (Å²) in [4.78, 5) is 16.7. The minimum Gasteiger partial charge on any atom is -0.444 e. The molecule has 1 N–H and O–H groups in total. The number of halogens is 2. The highest BCUT2D eigenvalue weighted by molar-refractivity contribution is 7.89. The van der Waals surface area contributed by atoms with Crippen LogP contribution in [0.4, 0.5) is 19.3 Å². The van der Waals surface area contributed by atoms with E-state index in [2.05, 4.69) is 20.0 Å². The van der Waals surface area contributed by atoms with Gasteiger partial charge in [0, 0.05) is 29.7 Å². The average Bonchev–Trinajstić information content (AvgIpc) is 3.21. The van der Waals surface area contributed by atoms with Crippen LogP contribution in [0.5, 0.6) is 0 Å². The number of alkyl halides is 2. The summed E-state index contributed by atoms with van der Waals surface area (Å²) in [7, 11) is -3.92. The summed E-state index contributed by atoms with van der Waals surface area (Å²) in [5.41, 5.74) is -0.143. The minimum atomic E-state index is -3.92. The topological polar surface area (TPSA) is 123 Å². The van der Waals surface area contributed by atoms with Gasteiger partial charge < -0.3 is 9.64 Å². The summed E-state index contributed by atoms with van der Waals surface area (Å²) in [6, 6.07) is 2.59. The number of carbonyl (C=O) groups is 1. The Morgan fingerprint density at radius 2 is 1.82 bits per heavy atom. The molecule has 2 aliphatic rings.